The van der Waals surface area contributed by atoms with Crippen LogP contribution in [0.4, 0.5) is 0 Å². The molecule has 0 amide bonds. The van der Waals surface area contributed by atoms with Crippen LogP contribution in [0.5, 0.6) is 0 Å². The van der Waals surface area contributed by atoms with Gasteiger partial charge in [-0.3, -0.25) is 4.84 Å². The zero-order valence-electron chi connectivity index (χ0n) is 8.65. The van der Waals surface area contributed by atoms with Crippen LogP contribution in [0.25, 0.3) is 0 Å². The predicted octanol–water partition coefficient (Wildman–Crippen LogP) is 3.73. The summed E-state index contributed by atoms with van der Waals surface area (Å²) in [5.74, 6) is 0. The molecule has 0 saturated carbocycles. The van der Waals surface area contributed by atoms with E-state index in [1.807, 2.05) is 30.3 Å². The van der Waals surface area contributed by atoms with Gasteiger partial charge in [0.25, 0.3) is 0 Å². The number of thiophene rings is 1. The number of nitrogens with one attached hydrogen (secondary N) is 1. The van der Waals surface area contributed by atoms with Gasteiger partial charge in [0.15, 0.2) is 0 Å². The molecule has 0 saturated heterocycles. The van der Waals surface area contributed by atoms with Crippen molar-refractivity contribution >= 4 is 27.3 Å². The largest absolute Gasteiger partial charge is 0.297 e. The molecule has 1 aromatic heterocycles. The van der Waals surface area contributed by atoms with E-state index in [0.29, 0.717) is 6.61 Å². The third kappa shape index (κ3) is 3.42. The summed E-state index contributed by atoms with van der Waals surface area (Å²) in [6, 6.07) is 10.1. The molecule has 0 radical (unpaired) electrons. The second-order valence-electron chi connectivity index (χ2n) is 3.34. The van der Waals surface area contributed by atoms with E-state index in [1.165, 1.54) is 11.1 Å². The lowest BCUT2D eigenvalue weighted by molar-refractivity contribution is 0.0235. The summed E-state index contributed by atoms with van der Waals surface area (Å²) in [6.45, 7) is 1.31. The zero-order valence-corrected chi connectivity index (χ0v) is 11.1. The number of halogens is 1. The quantitative estimate of drug-likeness (QED) is 0.671. The highest BCUT2D eigenvalue weighted by molar-refractivity contribution is 9.10. The topological polar surface area (TPSA) is 21.3 Å². The molecule has 0 aliphatic rings. The molecule has 1 N–H and O–H groups in total. The molecule has 0 unspecified atom stereocenters. The second kappa shape index (κ2) is 6.15. The average Bonchev–Trinajstić information content (AvgIpc) is 2.72. The summed E-state index contributed by atoms with van der Waals surface area (Å²) in [7, 11) is 0. The molecular weight excluding hydrogens is 286 g/mol. The summed E-state index contributed by atoms with van der Waals surface area (Å²) in [5, 5.41) is 4.16. The van der Waals surface area contributed by atoms with Crippen molar-refractivity contribution in [3.63, 3.8) is 0 Å². The van der Waals surface area contributed by atoms with Crippen molar-refractivity contribution < 1.29 is 4.84 Å². The second-order valence-corrected chi connectivity index (χ2v) is 4.94. The average molecular weight is 298 g/mol. The van der Waals surface area contributed by atoms with Crippen LogP contribution in [-0.2, 0) is 18.0 Å². The molecule has 1 aromatic carbocycles. The number of benzene rings is 1. The highest BCUT2D eigenvalue weighted by Crippen LogP contribution is 2.20. The minimum absolute atomic E-state index is 0.586. The summed E-state index contributed by atoms with van der Waals surface area (Å²) in [4.78, 5) is 5.38. The van der Waals surface area contributed by atoms with Gasteiger partial charge in [-0.15, -0.1) is 0 Å². The first-order valence-electron chi connectivity index (χ1n) is 4.95. The Balaban J connectivity index is 1.72. The third-order valence-corrected chi connectivity index (χ3v) is 3.97. The molecule has 0 spiro atoms. The number of rotatable bonds is 5. The Hall–Kier alpha value is -0.680. The third-order valence-electron chi connectivity index (χ3n) is 2.13. The van der Waals surface area contributed by atoms with Crippen LogP contribution in [-0.4, -0.2) is 0 Å². The molecule has 84 valence electrons. The van der Waals surface area contributed by atoms with Gasteiger partial charge in [0, 0.05) is 16.4 Å². The minimum atomic E-state index is 0.586. The fraction of sp³-hybridized carbons (Fsp3) is 0.167. The van der Waals surface area contributed by atoms with Gasteiger partial charge in [-0.05, 0) is 32.4 Å². The maximum Gasteiger partial charge on any atom is 0.0933 e. The molecule has 0 fully saturated rings. The highest BCUT2D eigenvalue weighted by atomic mass is 79.9. The fourth-order valence-electron chi connectivity index (χ4n) is 1.27. The van der Waals surface area contributed by atoms with Gasteiger partial charge in [-0.25, -0.2) is 0 Å². The van der Waals surface area contributed by atoms with Crippen molar-refractivity contribution in [1.29, 1.82) is 0 Å². The van der Waals surface area contributed by atoms with Crippen LogP contribution in [0.15, 0.2) is 45.6 Å². The van der Waals surface area contributed by atoms with Gasteiger partial charge in [0.1, 0.15) is 0 Å². The summed E-state index contributed by atoms with van der Waals surface area (Å²) >= 11 is 5.16. The summed E-state index contributed by atoms with van der Waals surface area (Å²) in [6.07, 6.45) is 0. The molecule has 0 aliphatic carbocycles. The Labute approximate surface area is 107 Å². The SMILES string of the molecule is Brc1cscc1CNOCc1ccccc1. The first-order valence-corrected chi connectivity index (χ1v) is 6.69. The maximum absolute atomic E-state index is 5.38. The van der Waals surface area contributed by atoms with Gasteiger partial charge in [0.2, 0.25) is 0 Å². The van der Waals surface area contributed by atoms with E-state index in [-0.39, 0.29) is 0 Å². The highest BCUT2D eigenvalue weighted by Gasteiger charge is 1.99. The first kappa shape index (κ1) is 11.8. The van der Waals surface area contributed by atoms with Crippen molar-refractivity contribution in [2.45, 2.75) is 13.2 Å². The standard InChI is InChI=1S/C12H12BrNOS/c13-12-9-16-8-11(12)6-14-15-7-10-4-2-1-3-5-10/h1-5,8-9,14H,6-7H2. The van der Waals surface area contributed by atoms with Crippen molar-refractivity contribution in [3.8, 4) is 0 Å². The minimum Gasteiger partial charge on any atom is -0.297 e. The molecule has 1 heterocycles. The van der Waals surface area contributed by atoms with Crippen LogP contribution >= 0.6 is 27.3 Å². The summed E-state index contributed by atoms with van der Waals surface area (Å²) < 4.78 is 1.13. The van der Waals surface area contributed by atoms with E-state index in [9.17, 15) is 0 Å². The van der Waals surface area contributed by atoms with Crippen LogP contribution in [0.2, 0.25) is 0 Å². The van der Waals surface area contributed by atoms with Crippen LogP contribution in [0.3, 0.4) is 0 Å². The van der Waals surface area contributed by atoms with Crippen molar-refractivity contribution in [2.75, 3.05) is 0 Å². The number of hydrogen-bond acceptors (Lipinski definition) is 3. The van der Waals surface area contributed by atoms with Gasteiger partial charge in [-0.1, -0.05) is 30.3 Å². The van der Waals surface area contributed by atoms with Gasteiger partial charge in [0.05, 0.1) is 6.61 Å². The lowest BCUT2D eigenvalue weighted by atomic mass is 10.2. The van der Waals surface area contributed by atoms with Crippen molar-refractivity contribution in [2.24, 2.45) is 0 Å². The Morgan fingerprint density at radius 3 is 2.69 bits per heavy atom. The first-order chi connectivity index (χ1) is 7.86. The molecule has 0 bridgehead atoms. The zero-order chi connectivity index (χ0) is 11.2. The van der Waals surface area contributed by atoms with Crippen molar-refractivity contribution in [1.82, 2.24) is 5.48 Å². The molecular formula is C12H12BrNOS. The fourth-order valence-corrected chi connectivity index (χ4v) is 2.71. The number of hydroxylamine groups is 1. The Morgan fingerprint density at radius 1 is 1.19 bits per heavy atom. The Kier molecular flexibility index (Phi) is 4.54. The van der Waals surface area contributed by atoms with E-state index in [1.54, 1.807) is 11.3 Å². The molecule has 2 rings (SSSR count). The lowest BCUT2D eigenvalue weighted by Gasteiger charge is -2.05. The Bertz CT molecular complexity index is 430. The monoisotopic (exact) mass is 297 g/mol. The molecule has 4 heteroatoms. The number of hydrogen-bond donors (Lipinski definition) is 1. The van der Waals surface area contributed by atoms with Crippen molar-refractivity contribution in [3.05, 3.63) is 56.7 Å². The molecule has 0 atom stereocenters. The van der Waals surface area contributed by atoms with Gasteiger partial charge < -0.3 is 0 Å². The predicted molar refractivity (Wildman–Crippen MR) is 70.1 cm³/mol. The van der Waals surface area contributed by atoms with Gasteiger partial charge in [-0.2, -0.15) is 16.8 Å². The van der Waals surface area contributed by atoms with E-state index >= 15 is 0 Å². The molecule has 16 heavy (non-hydrogen) atoms. The molecule has 2 nitrogen and oxygen atoms in total. The molecule has 0 aliphatic heterocycles. The smallest absolute Gasteiger partial charge is 0.0933 e. The maximum atomic E-state index is 5.38. The van der Waals surface area contributed by atoms with Crippen LogP contribution in [0.1, 0.15) is 11.1 Å². The normalized spacial score (nSPS) is 10.6. The molecule has 2 aromatic rings. The van der Waals surface area contributed by atoms with E-state index in [0.717, 1.165) is 11.0 Å². The van der Waals surface area contributed by atoms with E-state index in [2.05, 4.69) is 32.2 Å². The van der Waals surface area contributed by atoms with E-state index in [4.69, 9.17) is 4.84 Å². The van der Waals surface area contributed by atoms with Crippen LogP contribution < -0.4 is 5.48 Å². The Morgan fingerprint density at radius 2 is 2.00 bits per heavy atom. The van der Waals surface area contributed by atoms with Crippen LogP contribution in [0, 0.1) is 0 Å². The van der Waals surface area contributed by atoms with Gasteiger partial charge >= 0.3 is 0 Å². The summed E-state index contributed by atoms with van der Waals surface area (Å²) in [5.41, 5.74) is 5.34. The lowest BCUT2D eigenvalue weighted by Crippen LogP contribution is -2.13. The van der Waals surface area contributed by atoms with E-state index < -0.39 is 0 Å².